The van der Waals surface area contributed by atoms with Gasteiger partial charge in [-0.3, -0.25) is 4.79 Å². The van der Waals surface area contributed by atoms with Crippen LogP contribution < -0.4 is 10.6 Å². The number of halogens is 2. The van der Waals surface area contributed by atoms with E-state index in [-0.39, 0.29) is 24.1 Å². The van der Waals surface area contributed by atoms with E-state index in [0.717, 1.165) is 17.6 Å². The number of amides is 1. The number of carbonyl (C=O) groups excluding carboxylic acids is 1. The summed E-state index contributed by atoms with van der Waals surface area (Å²) in [4.78, 5) is 20.0. The van der Waals surface area contributed by atoms with Crippen LogP contribution in [0.3, 0.4) is 0 Å². The first-order chi connectivity index (χ1) is 8.72. The summed E-state index contributed by atoms with van der Waals surface area (Å²) < 4.78 is 2.26. The molecule has 1 fully saturated rings. The van der Waals surface area contributed by atoms with Gasteiger partial charge in [-0.25, -0.2) is 9.50 Å². The van der Waals surface area contributed by atoms with Crippen LogP contribution in [0.2, 0.25) is 0 Å². The predicted molar refractivity (Wildman–Crippen MR) is 74.4 cm³/mol. The molecular formula is C10H12BrClN6O. The minimum atomic E-state index is -0.261. The molecule has 0 aromatic carbocycles. The monoisotopic (exact) mass is 346 g/mol. The van der Waals surface area contributed by atoms with Gasteiger partial charge in [-0.15, -0.1) is 17.5 Å². The topological polar surface area (TPSA) is 84.2 Å². The van der Waals surface area contributed by atoms with Gasteiger partial charge in [0.2, 0.25) is 5.82 Å². The molecule has 1 amide bonds. The van der Waals surface area contributed by atoms with Crippen molar-refractivity contribution in [1.29, 1.82) is 0 Å². The molecule has 19 heavy (non-hydrogen) atoms. The van der Waals surface area contributed by atoms with E-state index in [4.69, 9.17) is 0 Å². The highest BCUT2D eigenvalue weighted by molar-refractivity contribution is 9.10. The Hall–Kier alpha value is -1.25. The zero-order valence-electron chi connectivity index (χ0n) is 9.84. The molecular weight excluding hydrogens is 336 g/mol. The molecule has 0 saturated carbocycles. The average Bonchev–Trinajstić information content (AvgIpc) is 2.69. The number of rotatable bonds is 3. The minimum Gasteiger partial charge on any atom is -0.349 e. The van der Waals surface area contributed by atoms with Crippen LogP contribution in [-0.4, -0.2) is 45.1 Å². The fourth-order valence-corrected chi connectivity index (χ4v) is 1.96. The third kappa shape index (κ3) is 3.02. The second-order valence-electron chi connectivity index (χ2n) is 4.19. The van der Waals surface area contributed by atoms with Gasteiger partial charge in [-0.2, -0.15) is 4.98 Å². The Bertz CT molecular complexity index is 599. The second-order valence-corrected chi connectivity index (χ2v) is 5.10. The average molecular weight is 348 g/mol. The molecule has 7 nitrogen and oxygen atoms in total. The lowest BCUT2D eigenvalue weighted by molar-refractivity contribution is 0.0932. The van der Waals surface area contributed by atoms with Crippen LogP contribution in [0, 0.1) is 5.92 Å². The van der Waals surface area contributed by atoms with E-state index in [1.165, 1.54) is 4.52 Å². The fraction of sp³-hybridized carbons (Fsp3) is 0.400. The van der Waals surface area contributed by atoms with Gasteiger partial charge in [0.25, 0.3) is 11.7 Å². The van der Waals surface area contributed by atoms with Crippen LogP contribution in [-0.2, 0) is 0 Å². The molecule has 3 rings (SSSR count). The van der Waals surface area contributed by atoms with E-state index in [0.29, 0.717) is 18.2 Å². The molecule has 2 aromatic heterocycles. The zero-order valence-corrected chi connectivity index (χ0v) is 12.2. The van der Waals surface area contributed by atoms with Gasteiger partial charge in [0.1, 0.15) is 0 Å². The van der Waals surface area contributed by atoms with Gasteiger partial charge < -0.3 is 10.6 Å². The van der Waals surface area contributed by atoms with Gasteiger partial charge in [-0.05, 0) is 15.9 Å². The first-order valence-corrected chi connectivity index (χ1v) is 6.38. The summed E-state index contributed by atoms with van der Waals surface area (Å²) in [5.41, 5.74) is 0. The lowest BCUT2D eigenvalue weighted by Gasteiger charge is -2.26. The summed E-state index contributed by atoms with van der Waals surface area (Å²) in [5.74, 6) is 0.809. The normalized spacial score (nSPS) is 14.8. The number of nitrogens with zero attached hydrogens (tertiary/aromatic N) is 4. The van der Waals surface area contributed by atoms with Crippen molar-refractivity contribution in [3.63, 3.8) is 0 Å². The maximum Gasteiger partial charge on any atom is 0.291 e. The van der Waals surface area contributed by atoms with Crippen molar-refractivity contribution in [2.75, 3.05) is 19.6 Å². The molecule has 2 aromatic rings. The van der Waals surface area contributed by atoms with Crippen LogP contribution in [0.1, 0.15) is 10.6 Å². The smallest absolute Gasteiger partial charge is 0.291 e. The van der Waals surface area contributed by atoms with E-state index in [1.54, 1.807) is 12.4 Å². The Morgan fingerprint density at radius 1 is 1.58 bits per heavy atom. The van der Waals surface area contributed by atoms with Crippen molar-refractivity contribution in [2.24, 2.45) is 5.92 Å². The molecule has 0 atom stereocenters. The number of hydrogen-bond acceptors (Lipinski definition) is 5. The third-order valence-corrected chi connectivity index (χ3v) is 3.19. The first kappa shape index (κ1) is 14.2. The molecule has 102 valence electrons. The van der Waals surface area contributed by atoms with Crippen LogP contribution in [0.25, 0.3) is 5.78 Å². The second kappa shape index (κ2) is 5.81. The standard InChI is InChI=1S/C10H11BrN6O.ClH/c11-7-4-14-10-15-8(16-17(10)5-7)9(18)13-3-6-1-12-2-6;/h4-6,12H,1-3H2,(H,13,18);1H. The van der Waals surface area contributed by atoms with Gasteiger partial charge in [0.15, 0.2) is 0 Å². The highest BCUT2D eigenvalue weighted by atomic mass is 79.9. The summed E-state index contributed by atoms with van der Waals surface area (Å²) in [6.07, 6.45) is 3.33. The van der Waals surface area contributed by atoms with Crippen LogP contribution >= 0.6 is 28.3 Å². The summed E-state index contributed by atoms with van der Waals surface area (Å²) in [6, 6.07) is 0. The quantitative estimate of drug-likeness (QED) is 0.832. The first-order valence-electron chi connectivity index (χ1n) is 5.59. The number of nitrogens with one attached hydrogen (secondary N) is 2. The Labute approximate surface area is 123 Å². The largest absolute Gasteiger partial charge is 0.349 e. The lowest BCUT2D eigenvalue weighted by atomic mass is 10.0. The molecule has 0 spiro atoms. The van der Waals surface area contributed by atoms with Crippen LogP contribution in [0.4, 0.5) is 0 Å². The van der Waals surface area contributed by atoms with Crippen molar-refractivity contribution in [3.8, 4) is 0 Å². The Balaban J connectivity index is 0.00000133. The Morgan fingerprint density at radius 2 is 2.37 bits per heavy atom. The predicted octanol–water partition coefficient (Wildman–Crippen LogP) is 0.258. The maximum atomic E-state index is 11.8. The fourth-order valence-electron chi connectivity index (χ4n) is 1.66. The molecule has 0 bridgehead atoms. The summed E-state index contributed by atoms with van der Waals surface area (Å²) in [7, 11) is 0. The zero-order chi connectivity index (χ0) is 12.5. The molecule has 0 aliphatic carbocycles. The van der Waals surface area contributed by atoms with Gasteiger partial charge in [0, 0.05) is 37.9 Å². The highest BCUT2D eigenvalue weighted by Gasteiger charge is 2.19. The number of aromatic nitrogens is 4. The van der Waals surface area contributed by atoms with Gasteiger partial charge in [-0.1, -0.05) is 0 Å². The van der Waals surface area contributed by atoms with Crippen molar-refractivity contribution in [2.45, 2.75) is 0 Å². The molecule has 9 heteroatoms. The number of fused-ring (bicyclic) bond motifs is 1. The number of hydrogen-bond donors (Lipinski definition) is 2. The van der Waals surface area contributed by atoms with Crippen LogP contribution in [0.5, 0.6) is 0 Å². The van der Waals surface area contributed by atoms with E-state index < -0.39 is 0 Å². The van der Waals surface area contributed by atoms with Crippen molar-refractivity contribution >= 4 is 40.0 Å². The van der Waals surface area contributed by atoms with Crippen molar-refractivity contribution in [3.05, 3.63) is 22.7 Å². The highest BCUT2D eigenvalue weighted by Crippen LogP contribution is 2.07. The molecule has 0 unspecified atom stereocenters. The third-order valence-electron chi connectivity index (χ3n) is 2.78. The maximum absolute atomic E-state index is 11.8. The Morgan fingerprint density at radius 3 is 3.05 bits per heavy atom. The minimum absolute atomic E-state index is 0. The van der Waals surface area contributed by atoms with E-state index in [9.17, 15) is 4.79 Å². The Kier molecular flexibility index (Phi) is 4.33. The molecule has 3 heterocycles. The SMILES string of the molecule is Cl.O=C(NCC1CNC1)c1nc2ncc(Br)cn2n1. The molecule has 1 aliphatic rings. The lowest BCUT2D eigenvalue weighted by Crippen LogP contribution is -2.48. The molecule has 2 N–H and O–H groups in total. The van der Waals surface area contributed by atoms with Crippen molar-refractivity contribution in [1.82, 2.24) is 30.2 Å². The molecule has 1 aliphatic heterocycles. The summed E-state index contributed by atoms with van der Waals surface area (Å²) >= 11 is 3.29. The van der Waals surface area contributed by atoms with Crippen LogP contribution in [0.15, 0.2) is 16.9 Å². The molecule has 1 saturated heterocycles. The van der Waals surface area contributed by atoms with E-state index >= 15 is 0 Å². The summed E-state index contributed by atoms with van der Waals surface area (Å²) in [5, 5.41) is 10.1. The number of carbonyl (C=O) groups is 1. The van der Waals surface area contributed by atoms with E-state index in [2.05, 4.69) is 41.6 Å². The van der Waals surface area contributed by atoms with Gasteiger partial charge in [0.05, 0.1) is 4.47 Å². The van der Waals surface area contributed by atoms with Gasteiger partial charge >= 0.3 is 0 Å². The molecule has 0 radical (unpaired) electrons. The van der Waals surface area contributed by atoms with E-state index in [1.807, 2.05) is 0 Å². The summed E-state index contributed by atoms with van der Waals surface area (Å²) in [6.45, 7) is 2.55. The van der Waals surface area contributed by atoms with Crippen molar-refractivity contribution < 1.29 is 4.79 Å².